The van der Waals surface area contributed by atoms with Crippen molar-refractivity contribution in [2.24, 2.45) is 11.8 Å². The first-order valence-corrected chi connectivity index (χ1v) is 10.7. The van der Waals surface area contributed by atoms with Crippen molar-refractivity contribution in [1.29, 1.82) is 0 Å². The molecule has 1 N–H and O–H groups in total. The molecule has 4 rings (SSSR count). The molecule has 3 aliphatic rings. The molecule has 3 saturated heterocycles. The fourth-order valence-electron chi connectivity index (χ4n) is 5.95. The van der Waals surface area contributed by atoms with Gasteiger partial charge < -0.3 is 10.2 Å². The summed E-state index contributed by atoms with van der Waals surface area (Å²) in [4.78, 5) is 47.4. The lowest BCUT2D eigenvalue weighted by atomic mass is 9.74. The monoisotopic (exact) mass is 436 g/mol. The normalized spacial score (nSPS) is 34.6. The summed E-state index contributed by atoms with van der Waals surface area (Å²) in [5.41, 5.74) is 0.125. The molecule has 2 amide bonds. The minimum atomic E-state index is -1.06. The van der Waals surface area contributed by atoms with E-state index in [1.165, 1.54) is 13.2 Å². The Morgan fingerprint density at radius 2 is 2.03 bits per heavy atom. The predicted molar refractivity (Wildman–Crippen MR) is 106 cm³/mol. The molecule has 3 heterocycles. The SMILES string of the molecule is CCN1CC2CCC3C(C)C(C(=O)NCc4ccc(F)cc4F)C(=O)C(C1=O)[N+]23OC. The van der Waals surface area contributed by atoms with Gasteiger partial charge in [-0.1, -0.05) is 13.0 Å². The number of halogens is 2. The molecule has 3 fully saturated rings. The third kappa shape index (κ3) is 3.17. The van der Waals surface area contributed by atoms with Gasteiger partial charge in [0, 0.05) is 43.5 Å². The van der Waals surface area contributed by atoms with Gasteiger partial charge in [-0.15, -0.1) is 0 Å². The zero-order chi connectivity index (χ0) is 22.5. The van der Waals surface area contributed by atoms with E-state index in [-0.39, 0.29) is 40.7 Å². The molecule has 0 spiro atoms. The number of carbonyl (C=O) groups excluding carboxylic acids is 3. The Labute approximate surface area is 179 Å². The zero-order valence-corrected chi connectivity index (χ0v) is 17.9. The molecule has 1 aromatic rings. The van der Waals surface area contributed by atoms with Crippen LogP contribution in [0.2, 0.25) is 0 Å². The van der Waals surface area contributed by atoms with Gasteiger partial charge in [0.15, 0.2) is 0 Å². The van der Waals surface area contributed by atoms with Crippen LogP contribution in [-0.2, 0) is 25.8 Å². The Morgan fingerprint density at radius 1 is 1.29 bits per heavy atom. The van der Waals surface area contributed by atoms with Crippen molar-refractivity contribution >= 4 is 17.6 Å². The number of amides is 2. The maximum Gasteiger partial charge on any atom is 0.292 e. The fraction of sp³-hybridized carbons (Fsp3) is 0.591. The molecule has 0 bridgehead atoms. The Balaban J connectivity index is 1.61. The van der Waals surface area contributed by atoms with E-state index in [0.29, 0.717) is 13.1 Å². The first kappa shape index (κ1) is 21.8. The molecule has 0 aliphatic carbocycles. The maximum atomic E-state index is 13.9. The maximum absolute atomic E-state index is 13.9. The van der Waals surface area contributed by atoms with Crippen molar-refractivity contribution in [3.63, 3.8) is 0 Å². The van der Waals surface area contributed by atoms with E-state index in [1.807, 2.05) is 13.8 Å². The van der Waals surface area contributed by atoms with E-state index in [4.69, 9.17) is 4.84 Å². The van der Waals surface area contributed by atoms with Gasteiger partial charge in [-0.3, -0.25) is 14.4 Å². The summed E-state index contributed by atoms with van der Waals surface area (Å²) in [6, 6.07) is 1.90. The number of rotatable bonds is 5. The van der Waals surface area contributed by atoms with Crippen molar-refractivity contribution in [1.82, 2.24) is 10.2 Å². The number of quaternary nitrogens is 1. The van der Waals surface area contributed by atoms with Gasteiger partial charge >= 0.3 is 0 Å². The van der Waals surface area contributed by atoms with E-state index < -0.39 is 35.3 Å². The number of nitrogens with zero attached hydrogens (tertiary/aromatic N) is 2. The van der Waals surface area contributed by atoms with Crippen LogP contribution in [0.25, 0.3) is 0 Å². The highest BCUT2D eigenvalue weighted by Gasteiger charge is 2.71. The molecule has 0 saturated carbocycles. The van der Waals surface area contributed by atoms with Crippen molar-refractivity contribution < 1.29 is 32.6 Å². The Hall–Kier alpha value is -2.39. The number of likely N-dealkylation sites (N-methyl/N-ethyl adjacent to an activating group) is 1. The topological polar surface area (TPSA) is 75.7 Å². The number of benzene rings is 1. The summed E-state index contributed by atoms with van der Waals surface area (Å²) in [7, 11) is 1.53. The van der Waals surface area contributed by atoms with Gasteiger partial charge in [0.05, 0.1) is 13.7 Å². The second-order valence-electron chi connectivity index (χ2n) is 8.72. The Bertz CT molecular complexity index is 926. The lowest BCUT2D eigenvalue weighted by molar-refractivity contribution is -1.14. The van der Waals surface area contributed by atoms with Gasteiger partial charge in [0.2, 0.25) is 11.7 Å². The molecule has 31 heavy (non-hydrogen) atoms. The molecule has 6 atom stereocenters. The number of Topliss-reactive ketones (excluding diaryl/α,β-unsaturated/α-hetero) is 1. The van der Waals surface area contributed by atoms with E-state index in [1.54, 1.807) is 4.90 Å². The number of piperazine rings is 1. The van der Waals surface area contributed by atoms with E-state index >= 15 is 0 Å². The first-order chi connectivity index (χ1) is 14.8. The van der Waals surface area contributed by atoms with E-state index in [0.717, 1.165) is 25.0 Å². The second kappa shape index (κ2) is 7.94. The number of hydroxylamine groups is 3. The first-order valence-electron chi connectivity index (χ1n) is 10.7. The number of hydrogen-bond acceptors (Lipinski definition) is 4. The van der Waals surface area contributed by atoms with Crippen molar-refractivity contribution in [3.05, 3.63) is 35.4 Å². The van der Waals surface area contributed by atoms with Gasteiger partial charge in [-0.25, -0.2) is 13.6 Å². The van der Waals surface area contributed by atoms with E-state index in [9.17, 15) is 23.2 Å². The summed E-state index contributed by atoms with van der Waals surface area (Å²) >= 11 is 0. The fourth-order valence-corrected chi connectivity index (χ4v) is 5.95. The quantitative estimate of drug-likeness (QED) is 0.562. The van der Waals surface area contributed by atoms with Crippen LogP contribution >= 0.6 is 0 Å². The van der Waals surface area contributed by atoms with Crippen molar-refractivity contribution in [2.45, 2.75) is 51.4 Å². The average molecular weight is 436 g/mol. The lowest BCUT2D eigenvalue weighted by Gasteiger charge is -2.54. The lowest BCUT2D eigenvalue weighted by Crippen LogP contribution is -2.79. The molecule has 0 aromatic heterocycles. The van der Waals surface area contributed by atoms with Gasteiger partial charge in [-0.2, -0.15) is 4.65 Å². The van der Waals surface area contributed by atoms with Gasteiger partial charge in [0.25, 0.3) is 11.9 Å². The van der Waals surface area contributed by atoms with Crippen LogP contribution < -0.4 is 5.32 Å². The van der Waals surface area contributed by atoms with Crippen LogP contribution in [0.4, 0.5) is 8.78 Å². The minimum absolute atomic E-state index is 0.00127. The smallest absolute Gasteiger partial charge is 0.292 e. The largest absolute Gasteiger partial charge is 0.351 e. The highest BCUT2D eigenvalue weighted by Crippen LogP contribution is 2.49. The Morgan fingerprint density at radius 3 is 2.68 bits per heavy atom. The zero-order valence-electron chi connectivity index (χ0n) is 17.9. The van der Waals surface area contributed by atoms with Crippen LogP contribution in [0.1, 0.15) is 32.3 Å². The third-order valence-corrected chi connectivity index (χ3v) is 7.42. The summed E-state index contributed by atoms with van der Waals surface area (Å²) in [5.74, 6) is -4.13. The summed E-state index contributed by atoms with van der Waals surface area (Å²) in [5, 5.41) is 2.62. The number of nitrogens with one attached hydrogen (secondary N) is 1. The van der Waals surface area contributed by atoms with E-state index in [2.05, 4.69) is 5.32 Å². The number of ketones is 1. The summed E-state index contributed by atoms with van der Waals surface area (Å²) in [6.45, 7) is 4.58. The van der Waals surface area contributed by atoms with Gasteiger partial charge in [-0.05, 0) is 13.0 Å². The van der Waals surface area contributed by atoms with Crippen LogP contribution in [0.5, 0.6) is 0 Å². The molecule has 7 nitrogen and oxygen atoms in total. The Kier molecular flexibility index (Phi) is 5.59. The third-order valence-electron chi connectivity index (χ3n) is 7.42. The summed E-state index contributed by atoms with van der Waals surface area (Å²) < 4.78 is 27.0. The molecular weight excluding hydrogens is 408 g/mol. The summed E-state index contributed by atoms with van der Waals surface area (Å²) in [6.07, 6.45) is 1.57. The van der Waals surface area contributed by atoms with Crippen LogP contribution in [0, 0.1) is 23.5 Å². The van der Waals surface area contributed by atoms with Crippen molar-refractivity contribution in [3.8, 4) is 0 Å². The molecule has 9 heteroatoms. The number of hydrogen-bond donors (Lipinski definition) is 1. The molecule has 1 aromatic carbocycles. The number of piperidine rings is 1. The highest BCUT2D eigenvalue weighted by molar-refractivity contribution is 6.13. The predicted octanol–water partition coefficient (Wildman–Crippen LogP) is 1.56. The molecule has 168 valence electrons. The molecule has 3 aliphatic heterocycles. The standard InChI is InChI=1S/C22H27F2N3O4/c1-4-26-11-15-7-8-17-12(2)18(20(28)19(22(26)30)27(15,17)31-3)21(29)25-10-13-5-6-14(23)9-16(13)24/h5-6,9,12,15,17-19H,4,7-8,10-11H2,1-3H3/p+1. The molecule has 6 unspecified atom stereocenters. The van der Waals surface area contributed by atoms with Crippen LogP contribution in [0.3, 0.4) is 0 Å². The molecular formula is C22H28F2N3O4+. The minimum Gasteiger partial charge on any atom is -0.351 e. The highest BCUT2D eigenvalue weighted by atomic mass is 19.1. The average Bonchev–Trinajstić information content (AvgIpc) is 3.11. The van der Waals surface area contributed by atoms with Gasteiger partial charge in [0.1, 0.15) is 29.6 Å². The second-order valence-corrected chi connectivity index (χ2v) is 8.72. The van der Waals surface area contributed by atoms with Crippen LogP contribution in [0.15, 0.2) is 18.2 Å². The number of carbonyl (C=O) groups is 3. The molecule has 0 radical (unpaired) electrons. The van der Waals surface area contributed by atoms with Crippen molar-refractivity contribution in [2.75, 3.05) is 20.2 Å². The van der Waals surface area contributed by atoms with Crippen LogP contribution in [-0.4, -0.2) is 65.5 Å².